The van der Waals surface area contributed by atoms with Crippen LogP contribution < -0.4 is 10.9 Å². The number of nitrogens with zero attached hydrogens (tertiary/aromatic N) is 1. The van der Waals surface area contributed by atoms with Gasteiger partial charge in [0.2, 0.25) is 0 Å². The van der Waals surface area contributed by atoms with Crippen LogP contribution in [-0.2, 0) is 9.53 Å². The second-order valence-corrected chi connectivity index (χ2v) is 7.46. The van der Waals surface area contributed by atoms with E-state index >= 15 is 0 Å². The first-order chi connectivity index (χ1) is 12.7. The van der Waals surface area contributed by atoms with Crippen molar-refractivity contribution in [1.29, 1.82) is 0 Å². The van der Waals surface area contributed by atoms with Crippen LogP contribution in [0.2, 0.25) is 0 Å². The summed E-state index contributed by atoms with van der Waals surface area (Å²) in [4.78, 5) is 26.8. The summed E-state index contributed by atoms with van der Waals surface area (Å²) in [6.07, 6.45) is 1.47. The van der Waals surface area contributed by atoms with E-state index in [0.717, 1.165) is 12.1 Å². The molecule has 2 aliphatic heterocycles. The number of carbonyl (C=O) groups is 2. The van der Waals surface area contributed by atoms with Crippen LogP contribution in [-0.4, -0.2) is 42.5 Å². The Balaban J connectivity index is 2.01. The predicted octanol–water partition coefficient (Wildman–Crippen LogP) is 1.99. The van der Waals surface area contributed by atoms with E-state index in [4.69, 9.17) is 4.74 Å². The van der Waals surface area contributed by atoms with Gasteiger partial charge in [-0.15, -0.1) is 0 Å². The number of fused-ring (bicyclic) bond motifs is 1. The van der Waals surface area contributed by atoms with Gasteiger partial charge in [-0.3, -0.25) is 10.2 Å². The van der Waals surface area contributed by atoms with Crippen LogP contribution in [0, 0.1) is 23.0 Å². The number of amides is 1. The maximum atomic E-state index is 13.6. The van der Waals surface area contributed by atoms with Gasteiger partial charge in [-0.1, -0.05) is 13.8 Å². The molecule has 6 nitrogen and oxygen atoms in total. The summed E-state index contributed by atoms with van der Waals surface area (Å²) < 4.78 is 32.0. The lowest BCUT2D eigenvalue weighted by Crippen LogP contribution is -2.42. The van der Waals surface area contributed by atoms with Crippen LogP contribution in [0.1, 0.15) is 31.1 Å². The lowest BCUT2D eigenvalue weighted by molar-refractivity contribution is -0.139. The van der Waals surface area contributed by atoms with E-state index in [-0.39, 0.29) is 29.5 Å². The molecule has 2 aliphatic rings. The van der Waals surface area contributed by atoms with Crippen molar-refractivity contribution in [2.45, 2.75) is 26.8 Å². The summed E-state index contributed by atoms with van der Waals surface area (Å²) in [7, 11) is 0. The zero-order valence-corrected chi connectivity index (χ0v) is 15.5. The number of ether oxygens (including phenoxy) is 1. The van der Waals surface area contributed by atoms with Crippen molar-refractivity contribution in [1.82, 2.24) is 15.8 Å². The summed E-state index contributed by atoms with van der Waals surface area (Å²) in [5.41, 5.74) is 6.16. The molecule has 2 unspecified atom stereocenters. The minimum Gasteiger partial charge on any atom is -0.463 e. The molecule has 2 heterocycles. The number of nitrogens with one attached hydrogen (secondary N) is 2. The van der Waals surface area contributed by atoms with E-state index in [1.54, 1.807) is 6.92 Å². The fourth-order valence-corrected chi connectivity index (χ4v) is 3.69. The number of benzene rings is 1. The second kappa shape index (κ2) is 7.36. The third kappa shape index (κ3) is 3.72. The molecule has 2 N–H and O–H groups in total. The number of esters is 1. The molecule has 1 amide bonds. The SMILES string of the molecule is CCOC(=O)C1=CN(C(=O)c2ccc(F)c(F)c2)CC(C)(C)C2CNNC12. The van der Waals surface area contributed by atoms with E-state index in [9.17, 15) is 18.4 Å². The summed E-state index contributed by atoms with van der Waals surface area (Å²) >= 11 is 0. The molecule has 27 heavy (non-hydrogen) atoms. The molecule has 0 aromatic heterocycles. The number of hydrazine groups is 1. The molecule has 1 saturated heterocycles. The third-order valence-corrected chi connectivity index (χ3v) is 5.13. The highest BCUT2D eigenvalue weighted by molar-refractivity contribution is 5.97. The Bertz CT molecular complexity index is 794. The highest BCUT2D eigenvalue weighted by Crippen LogP contribution is 2.38. The smallest absolute Gasteiger partial charge is 0.337 e. The van der Waals surface area contributed by atoms with Gasteiger partial charge in [0, 0.05) is 30.8 Å². The molecule has 0 bridgehead atoms. The Hall–Kier alpha value is -2.32. The van der Waals surface area contributed by atoms with E-state index < -0.39 is 23.5 Å². The van der Waals surface area contributed by atoms with Gasteiger partial charge in [-0.05, 0) is 30.5 Å². The monoisotopic (exact) mass is 379 g/mol. The fraction of sp³-hybridized carbons (Fsp3) is 0.474. The van der Waals surface area contributed by atoms with E-state index in [2.05, 4.69) is 10.9 Å². The Morgan fingerprint density at radius 3 is 2.70 bits per heavy atom. The molecule has 0 aliphatic carbocycles. The Kier molecular flexibility index (Phi) is 5.30. The molecule has 0 radical (unpaired) electrons. The molecule has 1 aromatic rings. The molecule has 1 fully saturated rings. The van der Waals surface area contributed by atoms with Gasteiger partial charge in [0.15, 0.2) is 11.6 Å². The normalized spacial score (nSPS) is 24.0. The molecule has 1 aromatic carbocycles. The molecule has 8 heteroatoms. The van der Waals surface area contributed by atoms with Crippen LogP contribution in [0.4, 0.5) is 8.78 Å². The zero-order chi connectivity index (χ0) is 19.8. The third-order valence-electron chi connectivity index (χ3n) is 5.13. The quantitative estimate of drug-likeness (QED) is 0.786. The Morgan fingerprint density at radius 2 is 2.04 bits per heavy atom. The number of hydrogen-bond donors (Lipinski definition) is 2. The van der Waals surface area contributed by atoms with E-state index in [1.807, 2.05) is 13.8 Å². The highest BCUT2D eigenvalue weighted by atomic mass is 19.2. The summed E-state index contributed by atoms with van der Waals surface area (Å²) in [5.74, 6) is -3.08. The lowest BCUT2D eigenvalue weighted by atomic mass is 9.74. The van der Waals surface area contributed by atoms with Crippen LogP contribution in [0.3, 0.4) is 0 Å². The number of halogens is 2. The molecule has 0 saturated carbocycles. The predicted molar refractivity (Wildman–Crippen MR) is 94.3 cm³/mol. The topological polar surface area (TPSA) is 70.7 Å². The molecule has 3 rings (SSSR count). The van der Waals surface area contributed by atoms with Gasteiger partial charge in [-0.2, -0.15) is 0 Å². The van der Waals surface area contributed by atoms with Crippen molar-refractivity contribution >= 4 is 11.9 Å². The van der Waals surface area contributed by atoms with E-state index in [0.29, 0.717) is 18.7 Å². The largest absolute Gasteiger partial charge is 0.463 e. The molecule has 146 valence electrons. The van der Waals surface area contributed by atoms with Crippen LogP contribution >= 0.6 is 0 Å². The molecular formula is C19H23F2N3O3. The van der Waals surface area contributed by atoms with Gasteiger partial charge >= 0.3 is 5.97 Å². The van der Waals surface area contributed by atoms with E-state index in [1.165, 1.54) is 17.2 Å². The van der Waals surface area contributed by atoms with Gasteiger partial charge in [0.25, 0.3) is 5.91 Å². The van der Waals surface area contributed by atoms with Crippen LogP contribution in [0.25, 0.3) is 0 Å². The summed E-state index contributed by atoms with van der Waals surface area (Å²) in [5, 5.41) is 0. The van der Waals surface area contributed by atoms with Gasteiger partial charge in [-0.25, -0.2) is 19.0 Å². The summed E-state index contributed by atoms with van der Waals surface area (Å²) in [6, 6.07) is 2.70. The first-order valence-electron chi connectivity index (χ1n) is 8.88. The highest BCUT2D eigenvalue weighted by Gasteiger charge is 2.46. The molecule has 0 spiro atoms. The van der Waals surface area contributed by atoms with Crippen molar-refractivity contribution in [2.75, 3.05) is 19.7 Å². The Labute approximate surface area is 156 Å². The average molecular weight is 379 g/mol. The van der Waals surface area contributed by atoms with Crippen molar-refractivity contribution in [3.63, 3.8) is 0 Å². The zero-order valence-electron chi connectivity index (χ0n) is 15.5. The minimum absolute atomic E-state index is 0.0160. The van der Waals surface area contributed by atoms with Crippen molar-refractivity contribution in [3.8, 4) is 0 Å². The number of rotatable bonds is 3. The van der Waals surface area contributed by atoms with Crippen LogP contribution in [0.15, 0.2) is 30.0 Å². The minimum atomic E-state index is -1.09. The first-order valence-corrected chi connectivity index (χ1v) is 8.88. The van der Waals surface area contributed by atoms with Crippen molar-refractivity contribution in [2.24, 2.45) is 11.3 Å². The van der Waals surface area contributed by atoms with Gasteiger partial charge in [0.1, 0.15) is 0 Å². The van der Waals surface area contributed by atoms with Gasteiger partial charge in [0.05, 0.1) is 18.2 Å². The van der Waals surface area contributed by atoms with Crippen LogP contribution in [0.5, 0.6) is 0 Å². The number of carbonyl (C=O) groups excluding carboxylic acids is 2. The standard InChI is InChI=1S/C19H23F2N3O3/c1-4-27-18(26)12-9-24(10-19(2,3)13-8-22-23-16(12)13)17(25)11-5-6-14(20)15(21)7-11/h5-7,9,13,16,22-23H,4,8,10H2,1-3H3. The average Bonchev–Trinajstić information content (AvgIpc) is 3.07. The molecule has 2 atom stereocenters. The second-order valence-electron chi connectivity index (χ2n) is 7.46. The number of hydrogen-bond acceptors (Lipinski definition) is 5. The maximum Gasteiger partial charge on any atom is 0.337 e. The maximum absolute atomic E-state index is 13.6. The molecular weight excluding hydrogens is 356 g/mol. The lowest BCUT2D eigenvalue weighted by Gasteiger charge is -2.34. The fourth-order valence-electron chi connectivity index (χ4n) is 3.69. The summed E-state index contributed by atoms with van der Waals surface area (Å²) in [6.45, 7) is 6.88. The van der Waals surface area contributed by atoms with Crippen molar-refractivity contribution in [3.05, 3.63) is 47.2 Å². The Morgan fingerprint density at radius 1 is 1.30 bits per heavy atom. The first kappa shape index (κ1) is 19.4. The van der Waals surface area contributed by atoms with Crippen molar-refractivity contribution < 1.29 is 23.1 Å². The van der Waals surface area contributed by atoms with Gasteiger partial charge < -0.3 is 9.64 Å².